The first kappa shape index (κ1) is 16.1. The molecule has 3 aromatic rings. The number of phenolic OH excluding ortho intramolecular Hbond substituents is 1. The van der Waals surface area contributed by atoms with Gasteiger partial charge in [-0.3, -0.25) is 4.99 Å². The van der Waals surface area contributed by atoms with Crippen LogP contribution in [0.15, 0.2) is 92.5 Å². The lowest BCUT2D eigenvalue weighted by Gasteiger charge is -1.99. The largest absolute Gasteiger partial charge is 0.507 e. The maximum Gasteiger partial charge on any atom is 0.125 e. The Balaban J connectivity index is 1.70. The van der Waals surface area contributed by atoms with Crippen LogP contribution >= 0.6 is 15.9 Å². The normalized spacial score (nSPS) is 11.4. The van der Waals surface area contributed by atoms with Crippen LogP contribution in [0.1, 0.15) is 5.56 Å². The molecule has 0 atom stereocenters. The van der Waals surface area contributed by atoms with Gasteiger partial charge in [0.1, 0.15) is 5.75 Å². The fourth-order valence-electron chi connectivity index (χ4n) is 1.99. The van der Waals surface area contributed by atoms with E-state index in [4.69, 9.17) is 0 Å². The van der Waals surface area contributed by atoms with Crippen molar-refractivity contribution in [3.8, 4) is 5.75 Å². The number of phenols is 1. The highest BCUT2D eigenvalue weighted by molar-refractivity contribution is 9.10. The Morgan fingerprint density at radius 3 is 2.04 bits per heavy atom. The van der Waals surface area contributed by atoms with Crippen molar-refractivity contribution in [1.82, 2.24) is 0 Å². The Morgan fingerprint density at radius 1 is 0.750 bits per heavy atom. The zero-order chi connectivity index (χ0) is 16.8. The van der Waals surface area contributed by atoms with Crippen LogP contribution in [0.2, 0.25) is 0 Å². The van der Waals surface area contributed by atoms with Gasteiger partial charge in [-0.15, -0.1) is 0 Å². The molecule has 0 saturated heterocycles. The lowest BCUT2D eigenvalue weighted by molar-refractivity contribution is 0.474. The van der Waals surface area contributed by atoms with E-state index >= 15 is 0 Å². The van der Waals surface area contributed by atoms with E-state index in [0.717, 1.165) is 21.5 Å². The Hall–Kier alpha value is -2.79. The molecule has 118 valence electrons. The minimum atomic E-state index is 0.182. The Labute approximate surface area is 148 Å². The summed E-state index contributed by atoms with van der Waals surface area (Å²) < 4.78 is 0.824. The average molecular weight is 380 g/mol. The summed E-state index contributed by atoms with van der Waals surface area (Å²) in [7, 11) is 0. The molecule has 0 aliphatic heterocycles. The van der Waals surface area contributed by atoms with Gasteiger partial charge in [0.15, 0.2) is 0 Å². The molecule has 0 fully saturated rings. The summed E-state index contributed by atoms with van der Waals surface area (Å²) in [5.41, 5.74) is 3.00. The van der Waals surface area contributed by atoms with E-state index in [0.29, 0.717) is 5.56 Å². The lowest BCUT2D eigenvalue weighted by atomic mass is 10.2. The molecule has 5 heteroatoms. The second-order valence-electron chi connectivity index (χ2n) is 5.01. The predicted molar refractivity (Wildman–Crippen MR) is 100 cm³/mol. The van der Waals surface area contributed by atoms with Crippen molar-refractivity contribution >= 4 is 39.2 Å². The van der Waals surface area contributed by atoms with Crippen LogP contribution in [-0.4, -0.2) is 11.3 Å². The molecule has 24 heavy (non-hydrogen) atoms. The van der Waals surface area contributed by atoms with Crippen LogP contribution in [0.5, 0.6) is 5.75 Å². The van der Waals surface area contributed by atoms with E-state index in [-0.39, 0.29) is 5.75 Å². The molecule has 0 saturated carbocycles. The summed E-state index contributed by atoms with van der Waals surface area (Å²) in [4.78, 5) is 4.35. The number of rotatable bonds is 4. The predicted octanol–water partition coefficient (Wildman–Crippen LogP) is 6.32. The zero-order valence-electron chi connectivity index (χ0n) is 12.7. The summed E-state index contributed by atoms with van der Waals surface area (Å²) >= 11 is 3.31. The zero-order valence-corrected chi connectivity index (χ0v) is 14.3. The number of halogens is 1. The molecule has 0 aliphatic rings. The van der Waals surface area contributed by atoms with Gasteiger partial charge in [0, 0.05) is 16.3 Å². The molecule has 0 aromatic heterocycles. The van der Waals surface area contributed by atoms with Gasteiger partial charge in [-0.2, -0.15) is 10.2 Å². The molecule has 0 radical (unpaired) electrons. The van der Waals surface area contributed by atoms with E-state index in [9.17, 15) is 5.11 Å². The molecule has 0 amide bonds. The average Bonchev–Trinajstić information content (AvgIpc) is 2.61. The first-order valence-electron chi connectivity index (χ1n) is 7.30. The van der Waals surface area contributed by atoms with Gasteiger partial charge in [-0.25, -0.2) is 0 Å². The quantitative estimate of drug-likeness (QED) is 0.418. The third-order valence-electron chi connectivity index (χ3n) is 3.23. The smallest absolute Gasteiger partial charge is 0.125 e. The molecule has 0 aliphatic carbocycles. The van der Waals surface area contributed by atoms with Crippen LogP contribution in [0.3, 0.4) is 0 Å². The topological polar surface area (TPSA) is 57.3 Å². The third kappa shape index (κ3) is 4.36. The summed E-state index contributed by atoms with van der Waals surface area (Å²) in [5.74, 6) is 0.182. The summed E-state index contributed by atoms with van der Waals surface area (Å²) in [5, 5.41) is 18.2. The van der Waals surface area contributed by atoms with E-state index in [1.54, 1.807) is 18.3 Å². The van der Waals surface area contributed by atoms with Crippen molar-refractivity contribution < 1.29 is 5.11 Å². The lowest BCUT2D eigenvalue weighted by Crippen LogP contribution is -1.81. The van der Waals surface area contributed by atoms with E-state index in [1.807, 2.05) is 60.7 Å². The molecule has 1 N–H and O–H groups in total. The van der Waals surface area contributed by atoms with Crippen LogP contribution < -0.4 is 0 Å². The molecule has 0 unspecified atom stereocenters. The number of hydrogen-bond donors (Lipinski definition) is 1. The highest BCUT2D eigenvalue weighted by atomic mass is 79.9. The molecule has 3 aromatic carbocycles. The highest BCUT2D eigenvalue weighted by Crippen LogP contribution is 2.23. The van der Waals surface area contributed by atoms with Gasteiger partial charge < -0.3 is 5.11 Å². The van der Waals surface area contributed by atoms with Crippen molar-refractivity contribution in [2.45, 2.75) is 0 Å². The van der Waals surface area contributed by atoms with Crippen LogP contribution in [0, 0.1) is 0 Å². The Kier molecular flexibility index (Phi) is 5.13. The Bertz CT molecular complexity index is 875. The number of hydrogen-bond acceptors (Lipinski definition) is 4. The van der Waals surface area contributed by atoms with E-state index < -0.39 is 0 Å². The van der Waals surface area contributed by atoms with Gasteiger partial charge in [0.2, 0.25) is 0 Å². The van der Waals surface area contributed by atoms with Crippen molar-refractivity contribution in [2.24, 2.45) is 15.2 Å². The number of nitrogens with zero attached hydrogens (tertiary/aromatic N) is 3. The molecular weight excluding hydrogens is 366 g/mol. The molecule has 0 spiro atoms. The minimum absolute atomic E-state index is 0.182. The Morgan fingerprint density at radius 2 is 1.38 bits per heavy atom. The highest BCUT2D eigenvalue weighted by Gasteiger charge is 1.99. The van der Waals surface area contributed by atoms with Gasteiger partial charge in [0.25, 0.3) is 0 Å². The van der Waals surface area contributed by atoms with E-state index in [2.05, 4.69) is 31.2 Å². The van der Waals surface area contributed by atoms with Gasteiger partial charge in [-0.05, 0) is 54.6 Å². The first-order valence-corrected chi connectivity index (χ1v) is 8.09. The van der Waals surface area contributed by atoms with Crippen molar-refractivity contribution in [2.75, 3.05) is 0 Å². The summed E-state index contributed by atoms with van der Waals surface area (Å²) in [6, 6.07) is 22.3. The number of aliphatic imine (C=N–C) groups is 1. The molecule has 4 nitrogen and oxygen atoms in total. The molecule has 0 heterocycles. The molecular formula is C19H14BrN3O. The van der Waals surface area contributed by atoms with Crippen LogP contribution in [-0.2, 0) is 0 Å². The van der Waals surface area contributed by atoms with Crippen LogP contribution in [0.4, 0.5) is 17.1 Å². The number of benzene rings is 3. The second-order valence-corrected chi connectivity index (χ2v) is 5.93. The summed E-state index contributed by atoms with van der Waals surface area (Å²) in [6.07, 6.45) is 1.63. The molecule has 0 bridgehead atoms. The maximum atomic E-state index is 9.84. The standard InChI is InChI=1S/C19H14BrN3O/c20-15-7-6-14(19(24)12-15)13-21-16-8-10-18(11-9-16)23-22-17-4-2-1-3-5-17/h1-13,24H. The van der Waals surface area contributed by atoms with Crippen molar-refractivity contribution in [1.29, 1.82) is 0 Å². The second kappa shape index (κ2) is 7.66. The fourth-order valence-corrected chi connectivity index (χ4v) is 2.33. The van der Waals surface area contributed by atoms with Gasteiger partial charge in [-0.1, -0.05) is 34.1 Å². The first-order chi connectivity index (χ1) is 11.7. The maximum absolute atomic E-state index is 9.84. The molecule has 3 rings (SSSR count). The van der Waals surface area contributed by atoms with E-state index in [1.165, 1.54) is 0 Å². The minimum Gasteiger partial charge on any atom is -0.507 e. The summed E-state index contributed by atoms with van der Waals surface area (Å²) in [6.45, 7) is 0. The number of aromatic hydroxyl groups is 1. The fraction of sp³-hybridized carbons (Fsp3) is 0. The monoisotopic (exact) mass is 379 g/mol. The van der Waals surface area contributed by atoms with Crippen molar-refractivity contribution in [3.63, 3.8) is 0 Å². The SMILES string of the molecule is Oc1cc(Br)ccc1C=Nc1ccc(N=Nc2ccccc2)cc1. The third-order valence-corrected chi connectivity index (χ3v) is 3.73. The van der Waals surface area contributed by atoms with Gasteiger partial charge >= 0.3 is 0 Å². The number of azo groups is 1. The van der Waals surface area contributed by atoms with Crippen LogP contribution in [0.25, 0.3) is 0 Å². The van der Waals surface area contributed by atoms with Crippen molar-refractivity contribution in [3.05, 3.63) is 82.8 Å². The van der Waals surface area contributed by atoms with Gasteiger partial charge in [0.05, 0.1) is 17.1 Å².